The zero-order valence-corrected chi connectivity index (χ0v) is 6.44. The summed E-state index contributed by atoms with van der Waals surface area (Å²) in [6.45, 7) is 4.20. The highest BCUT2D eigenvalue weighted by Gasteiger charge is 1.75. The summed E-state index contributed by atoms with van der Waals surface area (Å²) in [5, 5.41) is 2.96. The van der Waals surface area contributed by atoms with Crippen molar-refractivity contribution in [2.45, 2.75) is 20.3 Å². The minimum absolute atomic E-state index is 1.11. The maximum Gasteiger partial charge on any atom is 0.00277 e. The van der Waals surface area contributed by atoms with Crippen molar-refractivity contribution < 1.29 is 0 Å². The van der Waals surface area contributed by atoms with Gasteiger partial charge in [-0.1, -0.05) is 19.1 Å². The van der Waals surface area contributed by atoms with E-state index in [0.717, 1.165) is 6.42 Å². The Labute approximate surface area is 57.5 Å². The van der Waals surface area contributed by atoms with Crippen molar-refractivity contribution >= 4 is 0 Å². The molecule has 0 amide bonds. The SMILES string of the molecule is CC/C=C/C(C)=C\NC. The summed E-state index contributed by atoms with van der Waals surface area (Å²) in [5.74, 6) is 0. The molecular formula is C8H15N. The highest BCUT2D eigenvalue weighted by molar-refractivity contribution is 5.14. The molecule has 0 rings (SSSR count). The summed E-state index contributed by atoms with van der Waals surface area (Å²) in [7, 11) is 1.91. The molecule has 0 saturated heterocycles. The molecule has 52 valence electrons. The van der Waals surface area contributed by atoms with Gasteiger partial charge in [0.15, 0.2) is 0 Å². The first kappa shape index (κ1) is 8.28. The van der Waals surface area contributed by atoms with Crippen LogP contribution in [0.15, 0.2) is 23.9 Å². The first-order chi connectivity index (χ1) is 4.31. The van der Waals surface area contributed by atoms with Crippen molar-refractivity contribution in [2.75, 3.05) is 7.05 Å². The molecule has 0 aliphatic heterocycles. The summed E-state index contributed by atoms with van der Waals surface area (Å²) in [5.41, 5.74) is 1.26. The number of rotatable bonds is 3. The fraction of sp³-hybridized carbons (Fsp3) is 0.500. The van der Waals surface area contributed by atoms with Crippen molar-refractivity contribution in [1.29, 1.82) is 0 Å². The maximum absolute atomic E-state index is 2.96. The molecule has 0 spiro atoms. The van der Waals surface area contributed by atoms with Crippen molar-refractivity contribution in [1.82, 2.24) is 5.32 Å². The Bertz CT molecular complexity index is 112. The quantitative estimate of drug-likeness (QED) is 0.569. The van der Waals surface area contributed by atoms with Gasteiger partial charge < -0.3 is 5.32 Å². The molecule has 0 aliphatic carbocycles. The molecule has 0 fully saturated rings. The van der Waals surface area contributed by atoms with Crippen LogP contribution in [0.1, 0.15) is 20.3 Å². The summed E-state index contributed by atoms with van der Waals surface area (Å²) in [6.07, 6.45) is 7.33. The monoisotopic (exact) mass is 125 g/mol. The summed E-state index contributed by atoms with van der Waals surface area (Å²) < 4.78 is 0. The summed E-state index contributed by atoms with van der Waals surface area (Å²) in [4.78, 5) is 0. The van der Waals surface area contributed by atoms with Gasteiger partial charge in [0.2, 0.25) is 0 Å². The minimum atomic E-state index is 1.11. The largest absolute Gasteiger partial charge is 0.394 e. The lowest BCUT2D eigenvalue weighted by atomic mass is 10.3. The fourth-order valence-electron chi connectivity index (χ4n) is 0.580. The standard InChI is InChI=1S/C8H15N/c1-4-5-6-8(2)7-9-3/h5-7,9H,4H2,1-3H3/b6-5+,8-7-. The predicted molar refractivity (Wildman–Crippen MR) is 42.2 cm³/mol. The van der Waals surface area contributed by atoms with Gasteiger partial charge in [-0.05, 0) is 25.1 Å². The van der Waals surface area contributed by atoms with Crippen LogP contribution >= 0.6 is 0 Å². The smallest absolute Gasteiger partial charge is 0.00277 e. The molecule has 0 saturated carbocycles. The van der Waals surface area contributed by atoms with Crippen LogP contribution in [0.2, 0.25) is 0 Å². The van der Waals surface area contributed by atoms with Gasteiger partial charge in [0, 0.05) is 7.05 Å². The van der Waals surface area contributed by atoms with Crippen molar-refractivity contribution in [3.05, 3.63) is 23.9 Å². The lowest BCUT2D eigenvalue weighted by molar-refractivity contribution is 1.08. The molecule has 1 nitrogen and oxygen atoms in total. The lowest BCUT2D eigenvalue weighted by Gasteiger charge is -1.89. The zero-order chi connectivity index (χ0) is 7.11. The zero-order valence-electron chi connectivity index (χ0n) is 6.44. The molecule has 1 heteroatoms. The topological polar surface area (TPSA) is 12.0 Å². The Morgan fingerprint density at radius 2 is 2.22 bits per heavy atom. The Morgan fingerprint density at radius 1 is 1.56 bits per heavy atom. The van der Waals surface area contributed by atoms with Gasteiger partial charge in [0.25, 0.3) is 0 Å². The summed E-state index contributed by atoms with van der Waals surface area (Å²) in [6, 6.07) is 0. The number of nitrogens with one attached hydrogen (secondary N) is 1. The third-order valence-corrected chi connectivity index (χ3v) is 0.988. The molecule has 0 atom stereocenters. The highest BCUT2D eigenvalue weighted by Crippen LogP contribution is 1.92. The van der Waals surface area contributed by atoms with Gasteiger partial charge >= 0.3 is 0 Å². The van der Waals surface area contributed by atoms with E-state index in [-0.39, 0.29) is 0 Å². The average molecular weight is 125 g/mol. The van der Waals surface area contributed by atoms with E-state index >= 15 is 0 Å². The van der Waals surface area contributed by atoms with Crippen molar-refractivity contribution in [3.63, 3.8) is 0 Å². The van der Waals surface area contributed by atoms with E-state index in [1.54, 1.807) is 0 Å². The third kappa shape index (κ3) is 5.15. The number of allylic oxidation sites excluding steroid dienone is 3. The van der Waals surface area contributed by atoms with Gasteiger partial charge in [-0.15, -0.1) is 0 Å². The van der Waals surface area contributed by atoms with Crippen LogP contribution in [0, 0.1) is 0 Å². The number of hydrogen-bond acceptors (Lipinski definition) is 1. The van der Waals surface area contributed by atoms with Crippen molar-refractivity contribution in [3.8, 4) is 0 Å². The van der Waals surface area contributed by atoms with E-state index in [2.05, 4.69) is 31.3 Å². The van der Waals surface area contributed by atoms with E-state index < -0.39 is 0 Å². The van der Waals surface area contributed by atoms with Crippen molar-refractivity contribution in [2.24, 2.45) is 0 Å². The second kappa shape index (κ2) is 5.42. The predicted octanol–water partition coefficient (Wildman–Crippen LogP) is 2.08. The van der Waals surface area contributed by atoms with E-state index in [9.17, 15) is 0 Å². The average Bonchev–Trinajstić information content (AvgIpc) is 1.85. The van der Waals surface area contributed by atoms with Gasteiger partial charge in [0.05, 0.1) is 0 Å². The maximum atomic E-state index is 2.96. The second-order valence-electron chi connectivity index (χ2n) is 1.99. The Hall–Kier alpha value is -0.720. The Kier molecular flexibility index (Phi) is 4.98. The second-order valence-corrected chi connectivity index (χ2v) is 1.99. The molecule has 0 aromatic carbocycles. The van der Waals surface area contributed by atoms with Crippen LogP contribution < -0.4 is 5.32 Å². The molecule has 0 aromatic rings. The van der Waals surface area contributed by atoms with E-state index in [1.165, 1.54) is 5.57 Å². The van der Waals surface area contributed by atoms with E-state index in [4.69, 9.17) is 0 Å². The molecule has 9 heavy (non-hydrogen) atoms. The van der Waals surface area contributed by atoms with Gasteiger partial charge in [-0.3, -0.25) is 0 Å². The molecule has 0 radical (unpaired) electrons. The molecular weight excluding hydrogens is 110 g/mol. The molecule has 0 heterocycles. The molecule has 0 aromatic heterocycles. The van der Waals surface area contributed by atoms with Crippen LogP contribution in [0.25, 0.3) is 0 Å². The molecule has 1 N–H and O–H groups in total. The Balaban J connectivity index is 3.60. The first-order valence-electron chi connectivity index (χ1n) is 3.31. The fourth-order valence-corrected chi connectivity index (χ4v) is 0.580. The summed E-state index contributed by atoms with van der Waals surface area (Å²) >= 11 is 0. The molecule has 0 unspecified atom stereocenters. The Morgan fingerprint density at radius 3 is 2.67 bits per heavy atom. The van der Waals surface area contributed by atoms with Gasteiger partial charge in [-0.25, -0.2) is 0 Å². The number of hydrogen-bond donors (Lipinski definition) is 1. The lowest BCUT2D eigenvalue weighted by Crippen LogP contribution is -1.92. The normalized spacial score (nSPS) is 12.6. The van der Waals surface area contributed by atoms with Crippen LogP contribution in [-0.2, 0) is 0 Å². The van der Waals surface area contributed by atoms with Gasteiger partial charge in [-0.2, -0.15) is 0 Å². The molecule has 0 bridgehead atoms. The molecule has 0 aliphatic rings. The van der Waals surface area contributed by atoms with Crippen LogP contribution in [0.3, 0.4) is 0 Å². The van der Waals surface area contributed by atoms with Gasteiger partial charge in [0.1, 0.15) is 0 Å². The van der Waals surface area contributed by atoms with E-state index in [0.29, 0.717) is 0 Å². The van der Waals surface area contributed by atoms with Crippen LogP contribution in [0.4, 0.5) is 0 Å². The minimum Gasteiger partial charge on any atom is -0.394 e. The van der Waals surface area contributed by atoms with Crippen LogP contribution in [-0.4, -0.2) is 7.05 Å². The van der Waals surface area contributed by atoms with Crippen LogP contribution in [0.5, 0.6) is 0 Å². The third-order valence-electron chi connectivity index (χ3n) is 0.988. The highest BCUT2D eigenvalue weighted by atomic mass is 14.8. The first-order valence-corrected chi connectivity index (χ1v) is 3.31. The van der Waals surface area contributed by atoms with E-state index in [1.807, 2.05) is 13.2 Å².